The summed E-state index contributed by atoms with van der Waals surface area (Å²) in [7, 11) is 0. The van der Waals surface area contributed by atoms with E-state index in [9.17, 15) is 4.79 Å². The number of hydrogen-bond acceptors (Lipinski definition) is 5. The molecule has 2 heterocycles. The summed E-state index contributed by atoms with van der Waals surface area (Å²) in [6.45, 7) is 8.44. The van der Waals surface area contributed by atoms with E-state index in [0.29, 0.717) is 41.6 Å². The van der Waals surface area contributed by atoms with Crippen molar-refractivity contribution >= 4 is 29.0 Å². The van der Waals surface area contributed by atoms with Crippen molar-refractivity contribution in [2.75, 3.05) is 0 Å². The summed E-state index contributed by atoms with van der Waals surface area (Å²) in [5, 5.41) is 7.99. The largest absolute Gasteiger partial charge is 0.358 e. The molecule has 0 bridgehead atoms. The molecule has 0 unspecified atom stereocenters. The molecule has 9 heteroatoms. The van der Waals surface area contributed by atoms with Crippen LogP contribution in [0.15, 0.2) is 6.33 Å². The zero-order chi connectivity index (χ0) is 20.3. The summed E-state index contributed by atoms with van der Waals surface area (Å²) < 4.78 is 1.70. The van der Waals surface area contributed by atoms with Crippen LogP contribution >= 0.6 is 12.2 Å². The SMILES string of the molecule is Cc1nc2ncnn2c(C)c1CCC(=O)NNC(=S)N[C@@H]1CCC[C@@H](C)[C@@H]1C. The Morgan fingerprint density at radius 1 is 1.29 bits per heavy atom. The van der Waals surface area contributed by atoms with Crippen LogP contribution in [0, 0.1) is 25.7 Å². The molecule has 152 valence electrons. The van der Waals surface area contributed by atoms with Gasteiger partial charge in [-0.15, -0.1) is 0 Å². The number of aromatic nitrogens is 4. The Morgan fingerprint density at radius 2 is 2.07 bits per heavy atom. The number of hydrogen-bond donors (Lipinski definition) is 3. The Kier molecular flexibility index (Phi) is 6.43. The van der Waals surface area contributed by atoms with Gasteiger partial charge in [0.1, 0.15) is 6.33 Å². The van der Waals surface area contributed by atoms with Crippen molar-refractivity contribution in [2.24, 2.45) is 11.8 Å². The minimum Gasteiger partial charge on any atom is -0.358 e. The fourth-order valence-corrected chi connectivity index (χ4v) is 4.14. The summed E-state index contributed by atoms with van der Waals surface area (Å²) in [5.74, 6) is 1.71. The molecule has 3 atom stereocenters. The number of rotatable bonds is 4. The van der Waals surface area contributed by atoms with Crippen LogP contribution in [0.5, 0.6) is 0 Å². The normalized spacial score (nSPS) is 22.1. The van der Waals surface area contributed by atoms with E-state index >= 15 is 0 Å². The second-order valence-corrected chi connectivity index (χ2v) is 8.16. The van der Waals surface area contributed by atoms with E-state index in [1.54, 1.807) is 4.52 Å². The van der Waals surface area contributed by atoms with Crippen LogP contribution < -0.4 is 16.2 Å². The van der Waals surface area contributed by atoms with Crippen LogP contribution in [0.2, 0.25) is 0 Å². The predicted octanol–water partition coefficient (Wildman–Crippen LogP) is 1.99. The first-order valence-corrected chi connectivity index (χ1v) is 10.3. The fraction of sp³-hybridized carbons (Fsp3) is 0.632. The van der Waals surface area contributed by atoms with Gasteiger partial charge in [0.15, 0.2) is 5.11 Å². The zero-order valence-electron chi connectivity index (χ0n) is 17.0. The Balaban J connectivity index is 1.48. The van der Waals surface area contributed by atoms with E-state index in [4.69, 9.17) is 12.2 Å². The van der Waals surface area contributed by atoms with Crippen LogP contribution in [-0.4, -0.2) is 36.6 Å². The van der Waals surface area contributed by atoms with Gasteiger partial charge >= 0.3 is 0 Å². The van der Waals surface area contributed by atoms with Gasteiger partial charge < -0.3 is 5.32 Å². The van der Waals surface area contributed by atoms with E-state index in [2.05, 4.69) is 45.1 Å². The summed E-state index contributed by atoms with van der Waals surface area (Å²) >= 11 is 5.34. The maximum Gasteiger partial charge on any atom is 0.252 e. The monoisotopic (exact) mass is 403 g/mol. The quantitative estimate of drug-likeness (QED) is 0.531. The van der Waals surface area contributed by atoms with Gasteiger partial charge in [-0.05, 0) is 56.3 Å². The maximum absolute atomic E-state index is 12.2. The first kappa shape index (κ1) is 20.4. The topological polar surface area (TPSA) is 96.2 Å². The van der Waals surface area contributed by atoms with Gasteiger partial charge in [-0.2, -0.15) is 10.1 Å². The van der Waals surface area contributed by atoms with Crippen molar-refractivity contribution < 1.29 is 4.79 Å². The van der Waals surface area contributed by atoms with Gasteiger partial charge in [-0.25, -0.2) is 9.50 Å². The molecule has 8 nitrogen and oxygen atoms in total. The molecule has 3 N–H and O–H groups in total. The van der Waals surface area contributed by atoms with Crippen molar-refractivity contribution in [3.63, 3.8) is 0 Å². The molecule has 2 aromatic rings. The molecule has 3 rings (SSSR count). The first-order chi connectivity index (χ1) is 13.4. The molecule has 2 aromatic heterocycles. The number of aryl methyl sites for hydroxylation is 2. The summed E-state index contributed by atoms with van der Waals surface area (Å²) in [5.41, 5.74) is 8.37. The minimum atomic E-state index is -0.119. The first-order valence-electron chi connectivity index (χ1n) is 9.88. The van der Waals surface area contributed by atoms with Gasteiger partial charge in [0.25, 0.3) is 5.78 Å². The summed E-state index contributed by atoms with van der Waals surface area (Å²) in [4.78, 5) is 20.8. The average molecular weight is 404 g/mol. The van der Waals surface area contributed by atoms with Crippen LogP contribution in [0.3, 0.4) is 0 Å². The summed E-state index contributed by atoms with van der Waals surface area (Å²) in [6.07, 6.45) is 5.97. The predicted molar refractivity (Wildman–Crippen MR) is 112 cm³/mol. The van der Waals surface area contributed by atoms with Gasteiger partial charge in [0.2, 0.25) is 5.91 Å². The highest BCUT2D eigenvalue weighted by Gasteiger charge is 2.27. The smallest absolute Gasteiger partial charge is 0.252 e. The van der Waals surface area contributed by atoms with E-state index in [1.807, 2.05) is 13.8 Å². The van der Waals surface area contributed by atoms with E-state index in [0.717, 1.165) is 23.4 Å². The molecule has 1 saturated carbocycles. The number of amides is 1. The van der Waals surface area contributed by atoms with Crippen molar-refractivity contribution in [1.82, 2.24) is 35.8 Å². The van der Waals surface area contributed by atoms with E-state index in [-0.39, 0.29) is 5.91 Å². The summed E-state index contributed by atoms with van der Waals surface area (Å²) in [6, 6.07) is 0.353. The number of nitrogens with zero attached hydrogens (tertiary/aromatic N) is 4. The number of thiocarbonyl (C=S) groups is 1. The van der Waals surface area contributed by atoms with Crippen LogP contribution in [0.1, 0.15) is 56.5 Å². The molecule has 1 amide bonds. The lowest BCUT2D eigenvalue weighted by atomic mass is 9.78. The van der Waals surface area contributed by atoms with Gasteiger partial charge in [-0.1, -0.05) is 26.7 Å². The number of hydrazine groups is 1. The standard InChI is InChI=1S/C19H29N7OS/c1-11-6-5-7-16(12(11)2)23-19(28)25-24-17(27)9-8-15-13(3)22-18-20-10-21-26(18)14(15)4/h10-12,16H,5-9H2,1-4H3,(H,24,27)(H2,23,25,28)/t11-,12+,16-/m1/s1. The van der Waals surface area contributed by atoms with Gasteiger partial charge in [0, 0.05) is 23.9 Å². The third-order valence-corrected chi connectivity index (χ3v) is 6.15. The number of carbonyl (C=O) groups is 1. The number of nitrogens with one attached hydrogen (secondary N) is 3. The molecule has 0 saturated heterocycles. The minimum absolute atomic E-state index is 0.119. The zero-order valence-corrected chi connectivity index (χ0v) is 17.8. The molecule has 0 spiro atoms. The van der Waals surface area contributed by atoms with Crippen molar-refractivity contribution in [1.29, 1.82) is 0 Å². The molecule has 0 aliphatic heterocycles. The third-order valence-electron chi connectivity index (χ3n) is 5.93. The lowest BCUT2D eigenvalue weighted by Crippen LogP contribution is -2.52. The maximum atomic E-state index is 12.2. The molecule has 0 radical (unpaired) electrons. The molecule has 1 aliphatic carbocycles. The van der Waals surface area contributed by atoms with E-state index in [1.165, 1.54) is 19.2 Å². The molecular weight excluding hydrogens is 374 g/mol. The van der Waals surface area contributed by atoms with Crippen molar-refractivity contribution in [3.05, 3.63) is 23.3 Å². The third kappa shape index (κ3) is 4.57. The van der Waals surface area contributed by atoms with Crippen molar-refractivity contribution in [2.45, 2.75) is 65.8 Å². The highest BCUT2D eigenvalue weighted by molar-refractivity contribution is 7.80. The lowest BCUT2D eigenvalue weighted by molar-refractivity contribution is -0.121. The Morgan fingerprint density at radius 3 is 2.86 bits per heavy atom. The lowest BCUT2D eigenvalue weighted by Gasteiger charge is -2.35. The second kappa shape index (κ2) is 8.81. The number of carbonyl (C=O) groups excluding carboxylic acids is 1. The highest BCUT2D eigenvalue weighted by Crippen LogP contribution is 2.29. The molecule has 1 fully saturated rings. The average Bonchev–Trinajstić information content (AvgIpc) is 3.12. The van der Waals surface area contributed by atoms with Crippen LogP contribution in [0.4, 0.5) is 0 Å². The second-order valence-electron chi connectivity index (χ2n) is 7.75. The van der Waals surface area contributed by atoms with Crippen molar-refractivity contribution in [3.8, 4) is 0 Å². The van der Waals surface area contributed by atoms with E-state index < -0.39 is 0 Å². The molecule has 28 heavy (non-hydrogen) atoms. The van der Waals surface area contributed by atoms with Gasteiger partial charge in [0.05, 0.1) is 0 Å². The molecule has 0 aromatic carbocycles. The Labute approximate surface area is 170 Å². The molecular formula is C19H29N7OS. The number of fused-ring (bicyclic) bond motifs is 1. The van der Waals surface area contributed by atoms with Gasteiger partial charge in [-0.3, -0.25) is 15.6 Å². The van der Waals surface area contributed by atoms with Crippen LogP contribution in [0.25, 0.3) is 5.78 Å². The van der Waals surface area contributed by atoms with Crippen LogP contribution in [-0.2, 0) is 11.2 Å². The fourth-order valence-electron chi connectivity index (χ4n) is 3.93. The Hall–Kier alpha value is -2.29. The Bertz CT molecular complexity index is 865. The highest BCUT2D eigenvalue weighted by atomic mass is 32.1. The molecule has 1 aliphatic rings.